The third-order valence-electron chi connectivity index (χ3n) is 2.99. The normalized spacial score (nSPS) is 18.4. The number of aryl methyl sites for hydroxylation is 1. The predicted molar refractivity (Wildman–Crippen MR) is 57.0 cm³/mol. The Morgan fingerprint density at radius 2 is 2.43 bits per heavy atom. The van der Waals surface area contributed by atoms with E-state index < -0.39 is 0 Å². The molecule has 1 aromatic rings. The number of rotatable bonds is 5. The average molecular weight is 193 g/mol. The molecular weight excluding hydrogens is 174 g/mol. The lowest BCUT2D eigenvalue weighted by atomic mass is 10.1. The number of aromatic nitrogens is 2. The molecule has 1 aliphatic rings. The van der Waals surface area contributed by atoms with Gasteiger partial charge in [-0.1, -0.05) is 12.8 Å². The van der Waals surface area contributed by atoms with Crippen molar-refractivity contribution in [2.45, 2.75) is 38.8 Å². The summed E-state index contributed by atoms with van der Waals surface area (Å²) in [7, 11) is 2.04. The summed E-state index contributed by atoms with van der Waals surface area (Å²) in [4.78, 5) is 0. The molecule has 0 bridgehead atoms. The van der Waals surface area contributed by atoms with Gasteiger partial charge in [-0.15, -0.1) is 0 Å². The molecule has 3 heteroatoms. The lowest BCUT2D eigenvalue weighted by molar-refractivity contribution is 0.513. The van der Waals surface area contributed by atoms with Crippen LogP contribution in [0.2, 0.25) is 0 Å². The maximum Gasteiger partial charge on any atom is 0.0537 e. The van der Waals surface area contributed by atoms with E-state index in [1.807, 2.05) is 17.9 Å². The maximum atomic E-state index is 4.31. The van der Waals surface area contributed by atoms with E-state index in [9.17, 15) is 0 Å². The first-order valence-corrected chi connectivity index (χ1v) is 5.53. The van der Waals surface area contributed by atoms with E-state index in [2.05, 4.69) is 23.5 Å². The van der Waals surface area contributed by atoms with Gasteiger partial charge in [0.2, 0.25) is 0 Å². The van der Waals surface area contributed by atoms with Crippen LogP contribution in [0.25, 0.3) is 0 Å². The lowest BCUT2D eigenvalue weighted by Crippen LogP contribution is -2.16. The summed E-state index contributed by atoms with van der Waals surface area (Å²) < 4.78 is 1.99. The van der Waals surface area contributed by atoms with E-state index >= 15 is 0 Å². The van der Waals surface area contributed by atoms with Crippen molar-refractivity contribution in [2.75, 3.05) is 7.05 Å². The average Bonchev–Trinajstić information content (AvgIpc) is 2.90. The molecule has 1 heterocycles. The number of hydrogen-bond donors (Lipinski definition) is 1. The van der Waals surface area contributed by atoms with Gasteiger partial charge in [-0.05, 0) is 26.3 Å². The van der Waals surface area contributed by atoms with Crippen LogP contribution >= 0.6 is 0 Å². The Bertz CT molecular complexity index is 288. The summed E-state index contributed by atoms with van der Waals surface area (Å²) in [6.07, 6.45) is 8.25. The Kier molecular flexibility index (Phi) is 2.87. The topological polar surface area (TPSA) is 29.9 Å². The Morgan fingerprint density at radius 1 is 1.64 bits per heavy atom. The highest BCUT2D eigenvalue weighted by atomic mass is 15.3. The Labute approximate surface area is 85.5 Å². The molecule has 3 nitrogen and oxygen atoms in total. The SMILES string of the molecule is CCn1cc(C(CC2CC2)NC)cn1. The van der Waals surface area contributed by atoms with Crippen LogP contribution in [0.5, 0.6) is 0 Å². The zero-order valence-electron chi connectivity index (χ0n) is 9.03. The van der Waals surface area contributed by atoms with Gasteiger partial charge in [0.1, 0.15) is 0 Å². The van der Waals surface area contributed by atoms with E-state index in [4.69, 9.17) is 0 Å². The summed E-state index contributed by atoms with van der Waals surface area (Å²) in [6, 6.07) is 0.503. The molecule has 14 heavy (non-hydrogen) atoms. The first-order valence-electron chi connectivity index (χ1n) is 5.53. The van der Waals surface area contributed by atoms with Crippen LogP contribution in [-0.4, -0.2) is 16.8 Å². The smallest absolute Gasteiger partial charge is 0.0537 e. The van der Waals surface area contributed by atoms with Crippen molar-refractivity contribution < 1.29 is 0 Å². The Morgan fingerprint density at radius 3 is 2.93 bits per heavy atom. The molecule has 1 aliphatic carbocycles. The van der Waals surface area contributed by atoms with Crippen LogP contribution in [0, 0.1) is 5.92 Å². The largest absolute Gasteiger partial charge is 0.313 e. The number of hydrogen-bond acceptors (Lipinski definition) is 2. The standard InChI is InChI=1S/C11H19N3/c1-3-14-8-10(7-13-14)11(12-2)6-9-4-5-9/h7-9,11-12H,3-6H2,1-2H3. The highest BCUT2D eigenvalue weighted by molar-refractivity contribution is 5.11. The summed E-state index contributed by atoms with van der Waals surface area (Å²) in [6.45, 7) is 3.08. The molecule has 0 spiro atoms. The predicted octanol–water partition coefficient (Wildman–Crippen LogP) is 1.96. The van der Waals surface area contributed by atoms with Crippen molar-refractivity contribution in [3.05, 3.63) is 18.0 Å². The van der Waals surface area contributed by atoms with Gasteiger partial charge >= 0.3 is 0 Å². The van der Waals surface area contributed by atoms with Gasteiger partial charge in [0.05, 0.1) is 6.20 Å². The first-order chi connectivity index (χ1) is 6.83. The molecular formula is C11H19N3. The van der Waals surface area contributed by atoms with Crippen molar-refractivity contribution in [1.82, 2.24) is 15.1 Å². The Balaban J connectivity index is 2.01. The minimum Gasteiger partial charge on any atom is -0.313 e. The van der Waals surface area contributed by atoms with Crippen LogP contribution in [0.3, 0.4) is 0 Å². The molecule has 1 aromatic heterocycles. The third-order valence-corrected chi connectivity index (χ3v) is 2.99. The van der Waals surface area contributed by atoms with Crippen LogP contribution in [0.15, 0.2) is 12.4 Å². The van der Waals surface area contributed by atoms with Gasteiger partial charge < -0.3 is 5.32 Å². The highest BCUT2D eigenvalue weighted by Crippen LogP contribution is 2.37. The summed E-state index contributed by atoms with van der Waals surface area (Å²) in [5.74, 6) is 0.956. The van der Waals surface area contributed by atoms with E-state index in [0.717, 1.165) is 12.5 Å². The van der Waals surface area contributed by atoms with Crippen molar-refractivity contribution in [2.24, 2.45) is 5.92 Å². The summed E-state index contributed by atoms with van der Waals surface area (Å²) >= 11 is 0. The Hall–Kier alpha value is -0.830. The van der Waals surface area contributed by atoms with Crippen LogP contribution in [0.1, 0.15) is 37.8 Å². The second kappa shape index (κ2) is 4.13. The fourth-order valence-electron chi connectivity index (χ4n) is 1.84. The van der Waals surface area contributed by atoms with Gasteiger partial charge in [0.25, 0.3) is 0 Å². The molecule has 0 saturated heterocycles. The van der Waals surface area contributed by atoms with Crippen LogP contribution in [-0.2, 0) is 6.54 Å². The lowest BCUT2D eigenvalue weighted by Gasteiger charge is -2.13. The first kappa shape index (κ1) is 9.71. The molecule has 2 rings (SSSR count). The molecule has 0 amide bonds. The van der Waals surface area contributed by atoms with Crippen molar-refractivity contribution in [3.8, 4) is 0 Å². The fraction of sp³-hybridized carbons (Fsp3) is 0.727. The van der Waals surface area contributed by atoms with Crippen molar-refractivity contribution >= 4 is 0 Å². The maximum absolute atomic E-state index is 4.31. The minimum absolute atomic E-state index is 0.503. The highest BCUT2D eigenvalue weighted by Gasteiger charge is 2.25. The van der Waals surface area contributed by atoms with Crippen LogP contribution in [0.4, 0.5) is 0 Å². The summed E-state index contributed by atoms with van der Waals surface area (Å²) in [5.41, 5.74) is 1.33. The van der Waals surface area contributed by atoms with Gasteiger partial charge in [-0.25, -0.2) is 0 Å². The summed E-state index contributed by atoms with van der Waals surface area (Å²) in [5, 5.41) is 7.68. The second-order valence-corrected chi connectivity index (χ2v) is 4.15. The van der Waals surface area contributed by atoms with Crippen LogP contribution < -0.4 is 5.32 Å². The molecule has 1 atom stereocenters. The van der Waals surface area contributed by atoms with E-state index in [-0.39, 0.29) is 0 Å². The zero-order valence-corrected chi connectivity index (χ0v) is 9.03. The molecule has 0 aromatic carbocycles. The molecule has 0 aliphatic heterocycles. The van der Waals surface area contributed by atoms with Crippen molar-refractivity contribution in [1.29, 1.82) is 0 Å². The second-order valence-electron chi connectivity index (χ2n) is 4.15. The molecule has 1 fully saturated rings. The fourth-order valence-corrected chi connectivity index (χ4v) is 1.84. The van der Waals surface area contributed by atoms with Crippen molar-refractivity contribution in [3.63, 3.8) is 0 Å². The third kappa shape index (κ3) is 2.15. The van der Waals surface area contributed by atoms with E-state index in [1.54, 1.807) is 0 Å². The van der Waals surface area contributed by atoms with E-state index in [0.29, 0.717) is 6.04 Å². The number of nitrogens with one attached hydrogen (secondary N) is 1. The van der Waals surface area contributed by atoms with Gasteiger partial charge in [0, 0.05) is 24.3 Å². The minimum atomic E-state index is 0.503. The monoisotopic (exact) mass is 193 g/mol. The van der Waals surface area contributed by atoms with E-state index in [1.165, 1.54) is 24.8 Å². The molecule has 1 unspecified atom stereocenters. The van der Waals surface area contributed by atoms with Gasteiger partial charge in [0.15, 0.2) is 0 Å². The zero-order chi connectivity index (χ0) is 9.97. The molecule has 0 radical (unpaired) electrons. The quantitative estimate of drug-likeness (QED) is 0.774. The van der Waals surface area contributed by atoms with Gasteiger partial charge in [-0.2, -0.15) is 5.10 Å². The number of nitrogens with zero attached hydrogens (tertiary/aromatic N) is 2. The molecule has 78 valence electrons. The van der Waals surface area contributed by atoms with Gasteiger partial charge in [-0.3, -0.25) is 4.68 Å². The molecule has 1 N–H and O–H groups in total. The molecule has 1 saturated carbocycles.